The van der Waals surface area contributed by atoms with Gasteiger partial charge >= 0.3 is 0 Å². The summed E-state index contributed by atoms with van der Waals surface area (Å²) in [4.78, 5) is 0.243. The Kier molecular flexibility index (Phi) is 4.28. The predicted molar refractivity (Wildman–Crippen MR) is 87.3 cm³/mol. The van der Waals surface area contributed by atoms with Crippen molar-refractivity contribution in [1.29, 1.82) is 0 Å². The van der Waals surface area contributed by atoms with Crippen molar-refractivity contribution in [3.8, 4) is 11.5 Å². The molecule has 122 valence electrons. The molecule has 23 heavy (non-hydrogen) atoms. The van der Waals surface area contributed by atoms with E-state index in [4.69, 9.17) is 9.47 Å². The second-order valence-corrected chi connectivity index (χ2v) is 7.35. The van der Waals surface area contributed by atoms with Crippen molar-refractivity contribution < 1.29 is 17.9 Å². The van der Waals surface area contributed by atoms with E-state index in [1.165, 1.54) is 0 Å². The number of rotatable bonds is 4. The summed E-state index contributed by atoms with van der Waals surface area (Å²) >= 11 is 0. The van der Waals surface area contributed by atoms with E-state index >= 15 is 0 Å². The highest BCUT2D eigenvalue weighted by Crippen LogP contribution is 2.31. The van der Waals surface area contributed by atoms with Gasteiger partial charge in [-0.1, -0.05) is 29.8 Å². The van der Waals surface area contributed by atoms with E-state index < -0.39 is 16.1 Å². The fourth-order valence-corrected chi connectivity index (χ4v) is 3.66. The lowest BCUT2D eigenvalue weighted by atomic mass is 10.2. The Bertz CT molecular complexity index is 786. The van der Waals surface area contributed by atoms with Crippen molar-refractivity contribution in [3.63, 3.8) is 0 Å². The van der Waals surface area contributed by atoms with E-state index in [9.17, 15) is 8.42 Å². The van der Waals surface area contributed by atoms with Crippen molar-refractivity contribution >= 4 is 10.0 Å². The minimum atomic E-state index is -3.59. The molecule has 2 atom stereocenters. The second-order valence-electron chi connectivity index (χ2n) is 5.64. The number of sulfonamides is 1. The first-order chi connectivity index (χ1) is 11.0. The second kappa shape index (κ2) is 6.22. The predicted octanol–water partition coefficient (Wildman–Crippen LogP) is 2.50. The van der Waals surface area contributed by atoms with Crippen molar-refractivity contribution in [1.82, 2.24) is 4.72 Å². The molecule has 0 unspecified atom stereocenters. The standard InChI is InChI=1S/C17H19NO4S/c1-12-7-9-14(10-8-12)23(19,20)18-13(2)17-11-21-15-5-3-4-6-16(15)22-17/h3-10,13,17-18H,11H2,1-2H3/t13-,17+/m0/s1. The van der Waals surface area contributed by atoms with E-state index in [2.05, 4.69) is 4.72 Å². The van der Waals surface area contributed by atoms with Crippen molar-refractivity contribution in [3.05, 3.63) is 54.1 Å². The molecule has 0 spiro atoms. The molecule has 1 heterocycles. The van der Waals surface area contributed by atoms with Crippen LogP contribution in [0, 0.1) is 6.92 Å². The fraction of sp³-hybridized carbons (Fsp3) is 0.294. The summed E-state index contributed by atoms with van der Waals surface area (Å²) in [5.74, 6) is 1.31. The van der Waals surface area contributed by atoms with Gasteiger partial charge in [0.2, 0.25) is 10.0 Å². The molecule has 0 aliphatic carbocycles. The molecule has 0 radical (unpaired) electrons. The first-order valence-electron chi connectivity index (χ1n) is 7.43. The summed E-state index contributed by atoms with van der Waals surface area (Å²) in [5, 5.41) is 0. The van der Waals surface area contributed by atoms with Gasteiger partial charge in [-0.05, 0) is 38.1 Å². The molecule has 2 aromatic rings. The maximum absolute atomic E-state index is 12.4. The largest absolute Gasteiger partial charge is 0.486 e. The summed E-state index contributed by atoms with van der Waals surface area (Å²) in [6.07, 6.45) is -0.384. The smallest absolute Gasteiger partial charge is 0.240 e. The average molecular weight is 333 g/mol. The SMILES string of the molecule is Cc1ccc(S(=O)(=O)N[C@@H](C)[C@H]2COc3ccccc3O2)cc1. The van der Waals surface area contributed by atoms with Crippen LogP contribution in [0.15, 0.2) is 53.4 Å². The van der Waals surface area contributed by atoms with Gasteiger partial charge in [-0.25, -0.2) is 13.1 Å². The molecule has 0 saturated carbocycles. The first kappa shape index (κ1) is 15.8. The van der Waals surface area contributed by atoms with E-state index in [1.807, 2.05) is 31.2 Å². The lowest BCUT2D eigenvalue weighted by Crippen LogP contribution is -2.48. The molecule has 0 fully saturated rings. The van der Waals surface area contributed by atoms with E-state index in [0.29, 0.717) is 18.1 Å². The minimum Gasteiger partial charge on any atom is -0.486 e. The Morgan fingerprint density at radius 3 is 2.43 bits per heavy atom. The molecule has 0 bridgehead atoms. The van der Waals surface area contributed by atoms with Gasteiger partial charge < -0.3 is 9.47 Å². The first-order valence-corrected chi connectivity index (χ1v) is 8.91. The molecule has 0 saturated heterocycles. The Hall–Kier alpha value is -2.05. The normalized spacial score (nSPS) is 18.4. The minimum absolute atomic E-state index is 0.243. The molecule has 0 aromatic heterocycles. The number of para-hydroxylation sites is 2. The van der Waals surface area contributed by atoms with Gasteiger partial charge in [0, 0.05) is 0 Å². The van der Waals surface area contributed by atoms with Crippen LogP contribution in [-0.2, 0) is 10.0 Å². The maximum atomic E-state index is 12.4. The van der Waals surface area contributed by atoms with Crippen LogP contribution in [0.3, 0.4) is 0 Å². The number of ether oxygens (including phenoxy) is 2. The summed E-state index contributed by atoms with van der Waals surface area (Å²) < 4.78 is 39.0. The van der Waals surface area contributed by atoms with E-state index in [0.717, 1.165) is 5.56 Å². The van der Waals surface area contributed by atoms with Crippen LogP contribution in [0.2, 0.25) is 0 Å². The maximum Gasteiger partial charge on any atom is 0.240 e. The number of nitrogens with one attached hydrogen (secondary N) is 1. The van der Waals surface area contributed by atoms with Crippen molar-refractivity contribution in [2.24, 2.45) is 0 Å². The highest BCUT2D eigenvalue weighted by molar-refractivity contribution is 7.89. The molecule has 1 aliphatic heterocycles. The van der Waals surface area contributed by atoms with Crippen LogP contribution in [0.1, 0.15) is 12.5 Å². The summed E-state index contributed by atoms with van der Waals surface area (Å²) in [7, 11) is -3.59. The molecule has 3 rings (SSSR count). The molecule has 5 nitrogen and oxygen atoms in total. The van der Waals surface area contributed by atoms with Gasteiger partial charge in [-0.2, -0.15) is 0 Å². The average Bonchev–Trinajstić information content (AvgIpc) is 2.54. The number of hydrogen-bond acceptors (Lipinski definition) is 4. The van der Waals surface area contributed by atoms with Gasteiger partial charge in [-0.15, -0.1) is 0 Å². The van der Waals surface area contributed by atoms with Gasteiger partial charge in [0.15, 0.2) is 11.5 Å². The van der Waals surface area contributed by atoms with Crippen LogP contribution >= 0.6 is 0 Å². The monoisotopic (exact) mass is 333 g/mol. The third kappa shape index (κ3) is 3.48. The quantitative estimate of drug-likeness (QED) is 0.934. The van der Waals surface area contributed by atoms with Crippen LogP contribution < -0.4 is 14.2 Å². The molecule has 1 N–H and O–H groups in total. The number of hydrogen-bond donors (Lipinski definition) is 1. The van der Waals surface area contributed by atoms with Crippen molar-refractivity contribution in [2.45, 2.75) is 30.9 Å². The van der Waals surface area contributed by atoms with Gasteiger partial charge in [0.1, 0.15) is 12.7 Å². The number of fused-ring (bicyclic) bond motifs is 1. The zero-order valence-electron chi connectivity index (χ0n) is 13.0. The third-order valence-electron chi connectivity index (χ3n) is 3.76. The highest BCUT2D eigenvalue weighted by Gasteiger charge is 2.29. The Labute approximate surface area is 136 Å². The summed E-state index contributed by atoms with van der Waals surface area (Å²) in [5.41, 5.74) is 1.01. The topological polar surface area (TPSA) is 64.6 Å². The molecule has 6 heteroatoms. The Morgan fingerprint density at radius 1 is 1.09 bits per heavy atom. The highest BCUT2D eigenvalue weighted by atomic mass is 32.2. The third-order valence-corrected chi connectivity index (χ3v) is 5.34. The lowest BCUT2D eigenvalue weighted by molar-refractivity contribution is 0.0725. The van der Waals surface area contributed by atoms with Crippen LogP contribution in [0.4, 0.5) is 0 Å². The Balaban J connectivity index is 1.72. The van der Waals surface area contributed by atoms with Gasteiger partial charge in [0.05, 0.1) is 10.9 Å². The zero-order chi connectivity index (χ0) is 16.4. The molecule has 1 aliphatic rings. The lowest BCUT2D eigenvalue weighted by Gasteiger charge is -2.30. The van der Waals surface area contributed by atoms with Crippen LogP contribution in [0.25, 0.3) is 0 Å². The van der Waals surface area contributed by atoms with Crippen LogP contribution in [0.5, 0.6) is 11.5 Å². The van der Waals surface area contributed by atoms with Crippen molar-refractivity contribution in [2.75, 3.05) is 6.61 Å². The zero-order valence-corrected chi connectivity index (χ0v) is 13.8. The molecule has 0 amide bonds. The van der Waals surface area contributed by atoms with E-state index in [1.54, 1.807) is 31.2 Å². The summed E-state index contributed by atoms with van der Waals surface area (Å²) in [6, 6.07) is 13.7. The molecular weight excluding hydrogens is 314 g/mol. The fourth-order valence-electron chi connectivity index (χ4n) is 2.39. The molecule has 2 aromatic carbocycles. The van der Waals surface area contributed by atoms with Gasteiger partial charge in [0.25, 0.3) is 0 Å². The Morgan fingerprint density at radius 2 is 1.74 bits per heavy atom. The number of benzene rings is 2. The van der Waals surface area contributed by atoms with Crippen LogP contribution in [-0.4, -0.2) is 27.2 Å². The van der Waals surface area contributed by atoms with E-state index in [-0.39, 0.29) is 11.0 Å². The number of aryl methyl sites for hydroxylation is 1. The molecular formula is C17H19NO4S. The summed E-state index contributed by atoms with van der Waals surface area (Å²) in [6.45, 7) is 3.99. The van der Waals surface area contributed by atoms with Gasteiger partial charge in [-0.3, -0.25) is 0 Å².